The van der Waals surface area contributed by atoms with Gasteiger partial charge in [0.25, 0.3) is 0 Å². The van der Waals surface area contributed by atoms with E-state index in [1.54, 1.807) is 38.1 Å². The molecule has 2 N–H and O–H groups in total. The summed E-state index contributed by atoms with van der Waals surface area (Å²) in [6.07, 6.45) is 0. The molecule has 0 fully saturated rings. The van der Waals surface area contributed by atoms with Crippen LogP contribution in [-0.4, -0.2) is 20.4 Å². The van der Waals surface area contributed by atoms with Crippen LogP contribution in [-0.2, 0) is 14.8 Å². The van der Waals surface area contributed by atoms with E-state index in [0.717, 1.165) is 15.4 Å². The lowest BCUT2D eigenvalue weighted by atomic mass is 10.0. The van der Waals surface area contributed by atoms with Crippen molar-refractivity contribution in [1.82, 2.24) is 4.72 Å². The number of nitrogens with one attached hydrogen (secondary N) is 2. The molecule has 0 aliphatic rings. The Labute approximate surface area is 198 Å². The molecule has 0 spiro atoms. The first kappa shape index (κ1) is 24.3. The molecule has 5 nitrogen and oxygen atoms in total. The van der Waals surface area contributed by atoms with Crippen LogP contribution in [0, 0.1) is 12.8 Å². The highest BCUT2D eigenvalue weighted by Crippen LogP contribution is 2.35. The van der Waals surface area contributed by atoms with E-state index in [1.165, 1.54) is 23.9 Å². The smallest absolute Gasteiger partial charge is 0.242 e. The number of anilines is 1. The molecule has 3 aromatic carbocycles. The number of rotatable bonds is 8. The van der Waals surface area contributed by atoms with Crippen LogP contribution >= 0.6 is 23.4 Å². The van der Waals surface area contributed by atoms with Crippen molar-refractivity contribution in [3.8, 4) is 0 Å². The number of carbonyl (C=O) groups is 1. The predicted molar refractivity (Wildman–Crippen MR) is 131 cm³/mol. The Morgan fingerprint density at radius 3 is 2.25 bits per heavy atom. The summed E-state index contributed by atoms with van der Waals surface area (Å²) in [6.45, 7) is 5.46. The molecule has 0 aliphatic carbocycles. The molecular weight excluding hydrogens is 464 g/mol. The van der Waals surface area contributed by atoms with Crippen molar-refractivity contribution in [1.29, 1.82) is 0 Å². The number of hydrogen-bond donors (Lipinski definition) is 2. The molecule has 168 valence electrons. The van der Waals surface area contributed by atoms with Crippen LogP contribution in [0.15, 0.2) is 87.5 Å². The topological polar surface area (TPSA) is 75.3 Å². The summed E-state index contributed by atoms with van der Waals surface area (Å²) in [5.74, 6) is -0.729. The molecule has 0 heterocycles. The second-order valence-electron chi connectivity index (χ2n) is 7.70. The van der Waals surface area contributed by atoms with E-state index in [2.05, 4.69) is 10.0 Å². The monoisotopic (exact) mass is 488 g/mol. The Balaban J connectivity index is 1.83. The van der Waals surface area contributed by atoms with Crippen molar-refractivity contribution in [2.24, 2.45) is 5.92 Å². The van der Waals surface area contributed by atoms with Crippen molar-refractivity contribution < 1.29 is 13.2 Å². The first-order chi connectivity index (χ1) is 15.2. The van der Waals surface area contributed by atoms with Gasteiger partial charge in [-0.25, -0.2) is 8.42 Å². The van der Waals surface area contributed by atoms with Gasteiger partial charge in [-0.2, -0.15) is 4.72 Å². The van der Waals surface area contributed by atoms with Gasteiger partial charge in [-0.1, -0.05) is 73.1 Å². The Kier molecular flexibility index (Phi) is 8.00. The first-order valence-electron chi connectivity index (χ1n) is 10.1. The lowest BCUT2D eigenvalue weighted by Crippen LogP contribution is -2.47. The number of halogens is 1. The minimum atomic E-state index is -3.87. The summed E-state index contributed by atoms with van der Waals surface area (Å²) in [5.41, 5.74) is 1.48. The number of benzene rings is 3. The maximum absolute atomic E-state index is 13.1. The summed E-state index contributed by atoms with van der Waals surface area (Å²) < 4.78 is 28.3. The minimum Gasteiger partial charge on any atom is -0.324 e. The number of sulfonamides is 1. The number of amides is 1. The normalized spacial score (nSPS) is 12.5. The fourth-order valence-corrected chi connectivity index (χ4v) is 5.38. The molecule has 0 saturated heterocycles. The third-order valence-electron chi connectivity index (χ3n) is 4.73. The maximum atomic E-state index is 13.1. The molecule has 0 saturated carbocycles. The molecule has 0 unspecified atom stereocenters. The van der Waals surface area contributed by atoms with Crippen LogP contribution in [0.25, 0.3) is 0 Å². The Hall–Kier alpha value is -2.32. The largest absolute Gasteiger partial charge is 0.324 e. The zero-order chi connectivity index (χ0) is 23.3. The van der Waals surface area contributed by atoms with Crippen LogP contribution < -0.4 is 10.0 Å². The van der Waals surface area contributed by atoms with Gasteiger partial charge in [0.15, 0.2) is 0 Å². The van der Waals surface area contributed by atoms with E-state index in [1.807, 2.05) is 43.3 Å². The molecule has 0 radical (unpaired) electrons. The first-order valence-corrected chi connectivity index (χ1v) is 12.8. The average Bonchev–Trinajstić information content (AvgIpc) is 2.75. The minimum absolute atomic E-state index is 0.115. The maximum Gasteiger partial charge on any atom is 0.242 e. The number of carbonyl (C=O) groups excluding carboxylic acids is 1. The van der Waals surface area contributed by atoms with E-state index < -0.39 is 22.0 Å². The van der Waals surface area contributed by atoms with E-state index in [4.69, 9.17) is 11.6 Å². The molecule has 32 heavy (non-hydrogen) atoms. The van der Waals surface area contributed by atoms with Crippen molar-refractivity contribution in [2.45, 2.75) is 41.5 Å². The predicted octanol–water partition coefficient (Wildman–Crippen LogP) is 5.74. The number of hydrogen-bond acceptors (Lipinski definition) is 4. The standard InChI is InChI=1S/C24H25ClN2O3S2/c1-16(2)23(27-32(29,30)20-12-9-17(3)10-13-20)24(28)26-21-15-18(25)11-14-22(21)31-19-7-5-4-6-8-19/h4-16,23,27H,1-3H3,(H,26,28)/t23-/m0/s1. The quantitative estimate of drug-likeness (QED) is 0.424. The van der Waals surface area contributed by atoms with Gasteiger partial charge in [0, 0.05) is 14.8 Å². The van der Waals surface area contributed by atoms with Crippen molar-refractivity contribution in [3.05, 3.63) is 83.4 Å². The summed E-state index contributed by atoms with van der Waals surface area (Å²) in [7, 11) is -3.87. The molecule has 3 aromatic rings. The van der Waals surface area contributed by atoms with Gasteiger partial charge >= 0.3 is 0 Å². The highest BCUT2D eigenvalue weighted by Gasteiger charge is 2.29. The molecule has 1 amide bonds. The molecule has 0 bridgehead atoms. The Morgan fingerprint density at radius 2 is 1.62 bits per heavy atom. The van der Waals surface area contributed by atoms with Crippen LogP contribution in [0.2, 0.25) is 5.02 Å². The van der Waals surface area contributed by atoms with Gasteiger partial charge in [-0.05, 0) is 55.3 Å². The van der Waals surface area contributed by atoms with Crippen LogP contribution in [0.3, 0.4) is 0 Å². The van der Waals surface area contributed by atoms with E-state index >= 15 is 0 Å². The zero-order valence-electron chi connectivity index (χ0n) is 18.0. The van der Waals surface area contributed by atoms with Crippen molar-refractivity contribution in [3.63, 3.8) is 0 Å². The third kappa shape index (κ3) is 6.36. The molecule has 8 heteroatoms. The van der Waals surface area contributed by atoms with Gasteiger partial charge in [-0.15, -0.1) is 0 Å². The second kappa shape index (κ2) is 10.5. The van der Waals surface area contributed by atoms with Gasteiger partial charge in [0.2, 0.25) is 15.9 Å². The molecule has 3 rings (SSSR count). The van der Waals surface area contributed by atoms with Crippen molar-refractivity contribution in [2.75, 3.05) is 5.32 Å². The molecule has 1 atom stereocenters. The van der Waals surface area contributed by atoms with Crippen LogP contribution in [0.5, 0.6) is 0 Å². The molecule has 0 aliphatic heterocycles. The van der Waals surface area contributed by atoms with Crippen LogP contribution in [0.4, 0.5) is 5.69 Å². The number of aryl methyl sites for hydroxylation is 1. The fourth-order valence-electron chi connectivity index (χ4n) is 2.96. The lowest BCUT2D eigenvalue weighted by Gasteiger charge is -2.22. The lowest BCUT2D eigenvalue weighted by molar-refractivity contribution is -0.118. The van der Waals surface area contributed by atoms with E-state index in [9.17, 15) is 13.2 Å². The third-order valence-corrected chi connectivity index (χ3v) is 7.51. The zero-order valence-corrected chi connectivity index (χ0v) is 20.4. The summed E-state index contributed by atoms with van der Waals surface area (Å²) in [6, 6.07) is 20.5. The molecule has 0 aromatic heterocycles. The summed E-state index contributed by atoms with van der Waals surface area (Å²) >= 11 is 7.66. The second-order valence-corrected chi connectivity index (χ2v) is 11.0. The fraction of sp³-hybridized carbons (Fsp3) is 0.208. The Morgan fingerprint density at radius 1 is 0.969 bits per heavy atom. The van der Waals surface area contributed by atoms with E-state index in [-0.39, 0.29) is 10.8 Å². The summed E-state index contributed by atoms with van der Waals surface area (Å²) in [5, 5.41) is 3.34. The van der Waals surface area contributed by atoms with E-state index in [0.29, 0.717) is 10.7 Å². The average molecular weight is 489 g/mol. The molecular formula is C24H25ClN2O3S2. The highest BCUT2D eigenvalue weighted by molar-refractivity contribution is 7.99. The van der Waals surface area contributed by atoms with Gasteiger partial charge in [0.1, 0.15) is 6.04 Å². The van der Waals surface area contributed by atoms with Crippen LogP contribution in [0.1, 0.15) is 19.4 Å². The SMILES string of the molecule is Cc1ccc(S(=O)(=O)N[C@H](C(=O)Nc2cc(Cl)ccc2Sc2ccccc2)C(C)C)cc1. The van der Waals surface area contributed by atoms with Gasteiger partial charge in [0.05, 0.1) is 10.6 Å². The summed E-state index contributed by atoms with van der Waals surface area (Å²) in [4.78, 5) is 15.1. The van der Waals surface area contributed by atoms with Gasteiger partial charge < -0.3 is 5.32 Å². The Bertz CT molecular complexity index is 1180. The highest BCUT2D eigenvalue weighted by atomic mass is 35.5. The van der Waals surface area contributed by atoms with Crippen molar-refractivity contribution >= 4 is 45.0 Å². The van der Waals surface area contributed by atoms with Gasteiger partial charge in [-0.3, -0.25) is 4.79 Å².